The Morgan fingerprint density at radius 2 is 2.29 bits per heavy atom. The average Bonchev–Trinajstić information content (AvgIpc) is 2.77. The van der Waals surface area contributed by atoms with Crippen LogP contribution in [0.4, 0.5) is 5.69 Å². The highest BCUT2D eigenvalue weighted by Crippen LogP contribution is 2.28. The van der Waals surface area contributed by atoms with E-state index < -0.39 is 0 Å². The molecule has 0 saturated carbocycles. The van der Waals surface area contributed by atoms with E-state index in [1.54, 1.807) is 0 Å². The van der Waals surface area contributed by atoms with Gasteiger partial charge in [-0.05, 0) is 42.9 Å². The Morgan fingerprint density at radius 1 is 1.47 bits per heavy atom. The summed E-state index contributed by atoms with van der Waals surface area (Å²) in [7, 11) is 0. The maximum absolute atomic E-state index is 8.91. The van der Waals surface area contributed by atoms with Crippen molar-refractivity contribution in [3.05, 3.63) is 29.8 Å². The quantitative estimate of drug-likeness (QED) is 0.792. The Morgan fingerprint density at radius 3 is 3.00 bits per heavy atom. The fraction of sp³-hybridized carbons (Fsp3) is 0.533. The minimum atomic E-state index is 0.759. The van der Waals surface area contributed by atoms with Crippen molar-refractivity contribution in [1.82, 2.24) is 0 Å². The minimum absolute atomic E-state index is 0.759. The lowest BCUT2D eigenvalue weighted by atomic mass is 9.97. The molecule has 0 spiro atoms. The SMILES string of the molecule is CC(C)CC1CCN(c2cccc(C#N)c2)C1. The van der Waals surface area contributed by atoms with Crippen LogP contribution >= 0.6 is 0 Å². The molecule has 0 aromatic heterocycles. The van der Waals surface area contributed by atoms with E-state index in [1.807, 2.05) is 18.2 Å². The smallest absolute Gasteiger partial charge is 0.0992 e. The van der Waals surface area contributed by atoms with Crippen LogP contribution in [0.2, 0.25) is 0 Å². The second kappa shape index (κ2) is 5.23. The first-order valence-corrected chi connectivity index (χ1v) is 6.44. The Kier molecular flexibility index (Phi) is 3.68. The predicted molar refractivity (Wildman–Crippen MR) is 70.9 cm³/mol. The Labute approximate surface area is 104 Å². The van der Waals surface area contributed by atoms with E-state index in [-0.39, 0.29) is 0 Å². The summed E-state index contributed by atoms with van der Waals surface area (Å²) in [5, 5.41) is 8.91. The van der Waals surface area contributed by atoms with Crippen LogP contribution in [0, 0.1) is 23.2 Å². The van der Waals surface area contributed by atoms with E-state index in [4.69, 9.17) is 5.26 Å². The maximum atomic E-state index is 8.91. The largest absolute Gasteiger partial charge is 0.371 e. The van der Waals surface area contributed by atoms with Crippen LogP contribution in [0.5, 0.6) is 0 Å². The van der Waals surface area contributed by atoms with Crippen molar-refractivity contribution in [2.75, 3.05) is 18.0 Å². The van der Waals surface area contributed by atoms with E-state index in [1.165, 1.54) is 18.5 Å². The van der Waals surface area contributed by atoms with Crippen molar-refractivity contribution in [1.29, 1.82) is 5.26 Å². The molecule has 0 N–H and O–H groups in total. The molecule has 0 bridgehead atoms. The van der Waals surface area contributed by atoms with E-state index in [0.29, 0.717) is 0 Å². The Hall–Kier alpha value is -1.49. The van der Waals surface area contributed by atoms with E-state index in [2.05, 4.69) is 30.9 Å². The topological polar surface area (TPSA) is 27.0 Å². The van der Waals surface area contributed by atoms with E-state index in [9.17, 15) is 0 Å². The summed E-state index contributed by atoms with van der Waals surface area (Å²) in [6.45, 7) is 6.86. The molecule has 2 rings (SSSR count). The first-order chi connectivity index (χ1) is 8.19. The van der Waals surface area contributed by atoms with Gasteiger partial charge in [-0.25, -0.2) is 0 Å². The molecule has 2 nitrogen and oxygen atoms in total. The van der Waals surface area contributed by atoms with Crippen molar-refractivity contribution in [3.63, 3.8) is 0 Å². The summed E-state index contributed by atoms with van der Waals surface area (Å²) in [6.07, 6.45) is 2.60. The zero-order valence-corrected chi connectivity index (χ0v) is 10.7. The first-order valence-electron chi connectivity index (χ1n) is 6.44. The van der Waals surface area contributed by atoms with Gasteiger partial charge in [-0.1, -0.05) is 19.9 Å². The fourth-order valence-corrected chi connectivity index (χ4v) is 2.70. The average molecular weight is 228 g/mol. The highest BCUT2D eigenvalue weighted by Gasteiger charge is 2.23. The van der Waals surface area contributed by atoms with Crippen molar-refractivity contribution < 1.29 is 0 Å². The molecule has 1 atom stereocenters. The Balaban J connectivity index is 2.02. The third kappa shape index (κ3) is 3.00. The summed E-state index contributed by atoms with van der Waals surface area (Å²) >= 11 is 0. The van der Waals surface area contributed by atoms with Crippen molar-refractivity contribution in [3.8, 4) is 6.07 Å². The summed E-state index contributed by atoms with van der Waals surface area (Å²) in [6, 6.07) is 10.2. The van der Waals surface area contributed by atoms with Crippen LogP contribution in [0.1, 0.15) is 32.3 Å². The monoisotopic (exact) mass is 228 g/mol. The van der Waals surface area contributed by atoms with Gasteiger partial charge in [0.2, 0.25) is 0 Å². The number of hydrogen-bond acceptors (Lipinski definition) is 2. The summed E-state index contributed by atoms with van der Waals surface area (Å²) in [4.78, 5) is 2.41. The second-order valence-electron chi connectivity index (χ2n) is 5.39. The van der Waals surface area contributed by atoms with Gasteiger partial charge in [0.25, 0.3) is 0 Å². The minimum Gasteiger partial charge on any atom is -0.371 e. The van der Waals surface area contributed by atoms with Crippen LogP contribution < -0.4 is 4.90 Å². The fourth-order valence-electron chi connectivity index (χ4n) is 2.70. The molecule has 0 aliphatic carbocycles. The number of hydrogen-bond donors (Lipinski definition) is 0. The van der Waals surface area contributed by atoms with Gasteiger partial charge in [0, 0.05) is 18.8 Å². The zero-order chi connectivity index (χ0) is 12.3. The third-order valence-corrected chi connectivity index (χ3v) is 3.43. The van der Waals surface area contributed by atoms with Gasteiger partial charge in [0.05, 0.1) is 11.6 Å². The van der Waals surface area contributed by atoms with Crippen molar-refractivity contribution >= 4 is 5.69 Å². The molecule has 17 heavy (non-hydrogen) atoms. The number of nitrogens with zero attached hydrogens (tertiary/aromatic N) is 2. The third-order valence-electron chi connectivity index (χ3n) is 3.43. The summed E-state index contributed by atoms with van der Waals surface area (Å²) in [5.41, 5.74) is 1.96. The van der Waals surface area contributed by atoms with Crippen molar-refractivity contribution in [2.45, 2.75) is 26.7 Å². The molecule has 2 heteroatoms. The summed E-state index contributed by atoms with van der Waals surface area (Å²) in [5.74, 6) is 1.60. The predicted octanol–water partition coefficient (Wildman–Crippen LogP) is 3.43. The molecule has 1 aromatic rings. The van der Waals surface area contributed by atoms with E-state index >= 15 is 0 Å². The maximum Gasteiger partial charge on any atom is 0.0992 e. The van der Waals surface area contributed by atoms with Crippen molar-refractivity contribution in [2.24, 2.45) is 11.8 Å². The molecule has 1 unspecified atom stereocenters. The first kappa shape index (κ1) is 12.0. The normalized spacial score (nSPS) is 19.6. The second-order valence-corrected chi connectivity index (χ2v) is 5.39. The van der Waals surface area contributed by atoms with Gasteiger partial charge in [0.1, 0.15) is 0 Å². The number of anilines is 1. The van der Waals surface area contributed by atoms with E-state index in [0.717, 1.165) is 30.5 Å². The number of nitriles is 1. The lowest BCUT2D eigenvalue weighted by Crippen LogP contribution is -2.20. The molecule has 1 aliphatic rings. The molecule has 1 aromatic carbocycles. The molecular weight excluding hydrogens is 208 g/mol. The van der Waals surface area contributed by atoms with Gasteiger partial charge in [-0.15, -0.1) is 0 Å². The summed E-state index contributed by atoms with van der Waals surface area (Å²) < 4.78 is 0. The zero-order valence-electron chi connectivity index (χ0n) is 10.7. The number of rotatable bonds is 3. The molecule has 1 saturated heterocycles. The molecule has 1 fully saturated rings. The van der Waals surface area contributed by atoms with Crippen LogP contribution in [0.15, 0.2) is 24.3 Å². The number of benzene rings is 1. The molecule has 90 valence electrons. The van der Waals surface area contributed by atoms with Crippen LogP contribution in [0.25, 0.3) is 0 Å². The van der Waals surface area contributed by atoms with Gasteiger partial charge in [-0.2, -0.15) is 5.26 Å². The molecule has 0 radical (unpaired) electrons. The highest BCUT2D eigenvalue weighted by molar-refractivity contribution is 5.52. The molecule has 1 heterocycles. The lowest BCUT2D eigenvalue weighted by Gasteiger charge is -2.19. The standard InChI is InChI=1S/C15H20N2/c1-12(2)8-14-6-7-17(11-14)15-5-3-4-13(9-15)10-16/h3-5,9,12,14H,6-8,11H2,1-2H3. The molecular formula is C15H20N2. The van der Waals surface area contributed by atoms with Gasteiger partial charge < -0.3 is 4.90 Å². The van der Waals surface area contributed by atoms with Gasteiger partial charge in [0.15, 0.2) is 0 Å². The van der Waals surface area contributed by atoms with Gasteiger partial charge >= 0.3 is 0 Å². The van der Waals surface area contributed by atoms with Crippen LogP contribution in [-0.4, -0.2) is 13.1 Å². The highest BCUT2D eigenvalue weighted by atomic mass is 15.1. The molecule has 0 amide bonds. The van der Waals surface area contributed by atoms with Crippen LogP contribution in [-0.2, 0) is 0 Å². The Bertz CT molecular complexity index is 417. The lowest BCUT2D eigenvalue weighted by molar-refractivity contribution is 0.441. The van der Waals surface area contributed by atoms with Crippen LogP contribution in [0.3, 0.4) is 0 Å². The molecule has 1 aliphatic heterocycles. The van der Waals surface area contributed by atoms with Gasteiger partial charge in [-0.3, -0.25) is 0 Å².